The van der Waals surface area contributed by atoms with Gasteiger partial charge in [-0.05, 0) is 18.2 Å². The van der Waals surface area contributed by atoms with E-state index < -0.39 is 5.97 Å². The second-order valence-electron chi connectivity index (χ2n) is 3.91. The first kappa shape index (κ1) is 11.2. The number of nitrogens with one attached hydrogen (secondary N) is 1. The van der Waals surface area contributed by atoms with Gasteiger partial charge in [0.1, 0.15) is 11.2 Å². The summed E-state index contributed by atoms with van der Waals surface area (Å²) in [6.07, 6.45) is 0. The van der Waals surface area contributed by atoms with E-state index in [1.165, 1.54) is 12.1 Å². The minimum absolute atomic E-state index is 0.0609. The van der Waals surface area contributed by atoms with Gasteiger partial charge in [0.25, 0.3) is 0 Å². The zero-order valence-electron chi connectivity index (χ0n) is 9.58. The molecule has 3 rings (SSSR count). The third-order valence-electron chi connectivity index (χ3n) is 2.65. The van der Waals surface area contributed by atoms with Crippen LogP contribution in [0.5, 0.6) is 0 Å². The van der Waals surface area contributed by atoms with Gasteiger partial charge < -0.3 is 14.5 Å². The van der Waals surface area contributed by atoms with Gasteiger partial charge in [0.05, 0.1) is 5.56 Å². The van der Waals surface area contributed by atoms with Gasteiger partial charge in [-0.25, -0.2) is 9.78 Å². The summed E-state index contributed by atoms with van der Waals surface area (Å²) < 4.78 is 5.46. The summed E-state index contributed by atoms with van der Waals surface area (Å²) in [5, 5.41) is 9.07. The molecular weight excluding hydrogens is 248 g/mol. The number of benzene rings is 1. The van der Waals surface area contributed by atoms with Gasteiger partial charge in [0.15, 0.2) is 5.58 Å². The number of carboxylic acid groups (broad SMARTS) is 1. The lowest BCUT2D eigenvalue weighted by molar-refractivity contribution is 0.0699. The maximum Gasteiger partial charge on any atom is 0.338 e. The van der Waals surface area contributed by atoms with Crippen molar-refractivity contribution in [2.24, 2.45) is 0 Å². The number of rotatable bonds is 2. The molecule has 19 heavy (non-hydrogen) atoms. The fourth-order valence-electron chi connectivity index (χ4n) is 1.81. The van der Waals surface area contributed by atoms with Crippen molar-refractivity contribution in [1.29, 1.82) is 0 Å². The molecular formula is C13H8N2O4. The third kappa shape index (κ3) is 1.89. The summed E-state index contributed by atoms with van der Waals surface area (Å²) >= 11 is 0. The number of hydrogen-bond donors (Lipinski definition) is 2. The van der Waals surface area contributed by atoms with Crippen LogP contribution in [-0.2, 0) is 0 Å². The monoisotopic (exact) mass is 256 g/mol. The highest BCUT2D eigenvalue weighted by atomic mass is 16.4. The average molecular weight is 256 g/mol. The Morgan fingerprint density at radius 1 is 1.21 bits per heavy atom. The number of H-pyrrole nitrogens is 1. The fourth-order valence-corrected chi connectivity index (χ4v) is 1.81. The summed E-state index contributed by atoms with van der Waals surface area (Å²) in [5.74, 6) is -0.895. The summed E-state index contributed by atoms with van der Waals surface area (Å²) in [5.41, 5.74) is 0.804. The molecule has 0 spiro atoms. The Kier molecular flexibility index (Phi) is 2.42. The molecule has 0 saturated carbocycles. The van der Waals surface area contributed by atoms with Crippen molar-refractivity contribution in [3.05, 3.63) is 52.3 Å². The Labute approximate surface area is 106 Å². The first-order chi connectivity index (χ1) is 9.15. The predicted octanol–water partition coefficient (Wildman–Crippen LogP) is 1.88. The molecule has 0 aliphatic rings. The van der Waals surface area contributed by atoms with E-state index in [1.807, 2.05) is 0 Å². The number of carboxylic acids is 1. The lowest BCUT2D eigenvalue weighted by Gasteiger charge is -1.92. The van der Waals surface area contributed by atoms with Crippen LogP contribution in [0.3, 0.4) is 0 Å². The molecule has 0 atom stereocenters. The lowest BCUT2D eigenvalue weighted by atomic mass is 10.2. The molecule has 0 aliphatic heterocycles. The van der Waals surface area contributed by atoms with Gasteiger partial charge >= 0.3 is 5.97 Å². The lowest BCUT2D eigenvalue weighted by Crippen LogP contribution is -2.03. The SMILES string of the molecule is O=C(O)c1cccc2oc(-c3cccc(=O)[nH]3)nc12. The Morgan fingerprint density at radius 2 is 2.00 bits per heavy atom. The van der Waals surface area contributed by atoms with E-state index >= 15 is 0 Å². The van der Waals surface area contributed by atoms with Crippen LogP contribution in [0.25, 0.3) is 22.7 Å². The van der Waals surface area contributed by atoms with Crippen LogP contribution in [-0.4, -0.2) is 21.0 Å². The van der Waals surface area contributed by atoms with E-state index in [-0.39, 0.29) is 22.5 Å². The maximum atomic E-state index is 11.2. The summed E-state index contributed by atoms with van der Waals surface area (Å²) in [6, 6.07) is 9.22. The number of para-hydroxylation sites is 1. The molecule has 2 aromatic heterocycles. The van der Waals surface area contributed by atoms with E-state index in [0.717, 1.165) is 0 Å². The molecule has 0 saturated heterocycles. The molecule has 0 fully saturated rings. The second kappa shape index (κ2) is 4.09. The van der Waals surface area contributed by atoms with Gasteiger partial charge in [-0.1, -0.05) is 12.1 Å². The van der Waals surface area contributed by atoms with Crippen molar-refractivity contribution in [2.75, 3.05) is 0 Å². The first-order valence-electron chi connectivity index (χ1n) is 5.48. The van der Waals surface area contributed by atoms with Crippen LogP contribution in [0.4, 0.5) is 0 Å². The minimum atomic E-state index is -1.08. The van der Waals surface area contributed by atoms with Crippen LogP contribution in [0.15, 0.2) is 45.6 Å². The van der Waals surface area contributed by atoms with Crippen LogP contribution in [0, 0.1) is 0 Å². The average Bonchev–Trinajstić information content (AvgIpc) is 2.82. The smallest absolute Gasteiger partial charge is 0.338 e. The van der Waals surface area contributed by atoms with Gasteiger partial charge in [-0.3, -0.25) is 4.79 Å². The van der Waals surface area contributed by atoms with Crippen molar-refractivity contribution >= 4 is 17.1 Å². The fraction of sp³-hybridized carbons (Fsp3) is 0. The highest BCUT2D eigenvalue weighted by Gasteiger charge is 2.15. The molecule has 0 unspecified atom stereocenters. The molecule has 6 nitrogen and oxygen atoms in total. The molecule has 1 aromatic carbocycles. The van der Waals surface area contributed by atoms with Gasteiger partial charge in [-0.2, -0.15) is 0 Å². The summed E-state index contributed by atoms with van der Waals surface area (Å²) in [4.78, 5) is 29.0. The van der Waals surface area contributed by atoms with E-state index in [0.29, 0.717) is 11.3 Å². The molecule has 2 N–H and O–H groups in total. The van der Waals surface area contributed by atoms with Crippen molar-refractivity contribution in [1.82, 2.24) is 9.97 Å². The highest BCUT2D eigenvalue weighted by Crippen LogP contribution is 2.24. The Hall–Kier alpha value is -2.89. The molecule has 3 aromatic rings. The van der Waals surface area contributed by atoms with E-state index in [2.05, 4.69) is 9.97 Å². The molecule has 0 aliphatic carbocycles. The second-order valence-corrected chi connectivity index (χ2v) is 3.91. The van der Waals surface area contributed by atoms with Crippen molar-refractivity contribution in [2.45, 2.75) is 0 Å². The van der Waals surface area contributed by atoms with Crippen LogP contribution < -0.4 is 5.56 Å². The van der Waals surface area contributed by atoms with E-state index in [1.54, 1.807) is 24.3 Å². The van der Waals surface area contributed by atoms with Gasteiger partial charge in [0, 0.05) is 6.07 Å². The van der Waals surface area contributed by atoms with Crippen molar-refractivity contribution < 1.29 is 14.3 Å². The Morgan fingerprint density at radius 3 is 2.74 bits per heavy atom. The summed E-state index contributed by atoms with van der Waals surface area (Å²) in [6.45, 7) is 0. The molecule has 0 amide bonds. The van der Waals surface area contributed by atoms with E-state index in [4.69, 9.17) is 9.52 Å². The largest absolute Gasteiger partial charge is 0.478 e. The van der Waals surface area contributed by atoms with Crippen molar-refractivity contribution in [3.8, 4) is 11.6 Å². The highest BCUT2D eigenvalue weighted by molar-refractivity contribution is 6.00. The minimum Gasteiger partial charge on any atom is -0.478 e. The van der Waals surface area contributed by atoms with E-state index in [9.17, 15) is 9.59 Å². The molecule has 6 heteroatoms. The number of fused-ring (bicyclic) bond motifs is 1. The van der Waals surface area contributed by atoms with Crippen LogP contribution in [0.1, 0.15) is 10.4 Å². The number of nitrogens with zero attached hydrogens (tertiary/aromatic N) is 1. The topological polar surface area (TPSA) is 96.2 Å². The first-order valence-corrected chi connectivity index (χ1v) is 5.48. The molecule has 0 bridgehead atoms. The van der Waals surface area contributed by atoms with Crippen LogP contribution in [0.2, 0.25) is 0 Å². The number of aromatic nitrogens is 2. The number of aromatic amines is 1. The maximum absolute atomic E-state index is 11.2. The van der Waals surface area contributed by atoms with Gasteiger partial charge in [0.2, 0.25) is 11.4 Å². The third-order valence-corrected chi connectivity index (χ3v) is 2.65. The zero-order valence-corrected chi connectivity index (χ0v) is 9.58. The molecule has 0 radical (unpaired) electrons. The number of hydrogen-bond acceptors (Lipinski definition) is 4. The van der Waals surface area contributed by atoms with Crippen molar-refractivity contribution in [3.63, 3.8) is 0 Å². The molecule has 94 valence electrons. The Balaban J connectivity index is 2.25. The number of pyridine rings is 1. The zero-order chi connectivity index (χ0) is 13.4. The quantitative estimate of drug-likeness (QED) is 0.729. The van der Waals surface area contributed by atoms with Crippen LogP contribution >= 0.6 is 0 Å². The standard InChI is InChI=1S/C13H8N2O4/c16-10-6-2-4-8(14-10)12-15-11-7(13(17)18)3-1-5-9(11)19-12/h1-6H,(H,14,16)(H,17,18). The number of aromatic carboxylic acids is 1. The normalized spacial score (nSPS) is 10.7. The molecule has 2 heterocycles. The summed E-state index contributed by atoms with van der Waals surface area (Å²) in [7, 11) is 0. The predicted molar refractivity (Wildman–Crippen MR) is 67.0 cm³/mol. The Bertz CT molecular complexity index is 832. The number of oxazole rings is 1. The number of carbonyl (C=O) groups is 1. The van der Waals surface area contributed by atoms with Gasteiger partial charge in [-0.15, -0.1) is 0 Å².